The summed E-state index contributed by atoms with van der Waals surface area (Å²) < 4.78 is 0. The van der Waals surface area contributed by atoms with Gasteiger partial charge in [-0.05, 0) is 35.2 Å². The first-order chi connectivity index (χ1) is 12.1. The lowest BCUT2D eigenvalue weighted by atomic mass is 10.0. The normalized spacial score (nSPS) is 10.5. The van der Waals surface area contributed by atoms with Crippen LogP contribution in [0.3, 0.4) is 0 Å². The summed E-state index contributed by atoms with van der Waals surface area (Å²) in [5.74, 6) is -0.324. The number of halogens is 1. The number of nitrogens with zero attached hydrogens (tertiary/aromatic N) is 1. The summed E-state index contributed by atoms with van der Waals surface area (Å²) in [7, 11) is 1.72. The molecule has 1 heterocycles. The van der Waals surface area contributed by atoms with Crippen molar-refractivity contribution in [1.82, 2.24) is 4.90 Å². The summed E-state index contributed by atoms with van der Waals surface area (Å²) in [5.41, 5.74) is 1.77. The summed E-state index contributed by atoms with van der Waals surface area (Å²) >= 11 is 7.37. The van der Waals surface area contributed by atoms with Crippen molar-refractivity contribution in [2.45, 2.75) is 6.54 Å². The Morgan fingerprint density at radius 1 is 1.00 bits per heavy atom. The summed E-state index contributed by atoms with van der Waals surface area (Å²) in [5, 5.41) is 2.48. The molecule has 3 rings (SSSR count). The van der Waals surface area contributed by atoms with Crippen LogP contribution in [-0.2, 0) is 6.54 Å². The third-order valence-corrected chi connectivity index (χ3v) is 4.91. The first-order valence-corrected chi connectivity index (χ1v) is 8.99. The molecular formula is C20H16ClNO2S. The van der Waals surface area contributed by atoms with E-state index in [0.29, 0.717) is 27.6 Å². The number of carbonyl (C=O) groups is 2. The average Bonchev–Trinajstić information content (AvgIpc) is 3.15. The van der Waals surface area contributed by atoms with E-state index in [2.05, 4.69) is 0 Å². The van der Waals surface area contributed by atoms with Gasteiger partial charge in [-0.3, -0.25) is 9.59 Å². The number of ketones is 1. The molecule has 0 bridgehead atoms. The number of hydrogen-bond acceptors (Lipinski definition) is 3. The largest absolute Gasteiger partial charge is 0.337 e. The van der Waals surface area contributed by atoms with Gasteiger partial charge in [0.2, 0.25) is 5.78 Å². The molecule has 0 atom stereocenters. The van der Waals surface area contributed by atoms with E-state index in [0.717, 1.165) is 5.56 Å². The SMILES string of the molecule is CN(Cc1cccc(Cl)c1)C(=O)c1ccccc1C(=O)c1cccs1. The number of benzene rings is 2. The van der Waals surface area contributed by atoms with Crippen LogP contribution >= 0.6 is 22.9 Å². The van der Waals surface area contributed by atoms with Gasteiger partial charge in [0.25, 0.3) is 5.91 Å². The van der Waals surface area contributed by atoms with Gasteiger partial charge in [-0.25, -0.2) is 0 Å². The van der Waals surface area contributed by atoms with Crippen LogP contribution in [0.25, 0.3) is 0 Å². The monoisotopic (exact) mass is 369 g/mol. The maximum Gasteiger partial charge on any atom is 0.254 e. The Bertz CT molecular complexity index is 906. The second kappa shape index (κ2) is 7.64. The zero-order valence-corrected chi connectivity index (χ0v) is 15.2. The summed E-state index contributed by atoms with van der Waals surface area (Å²) in [6.45, 7) is 0.418. The van der Waals surface area contributed by atoms with Crippen LogP contribution in [0, 0.1) is 0 Å². The molecule has 3 aromatic rings. The summed E-state index contributed by atoms with van der Waals surface area (Å²) in [6.07, 6.45) is 0. The molecule has 0 N–H and O–H groups in total. The van der Waals surface area contributed by atoms with Crippen LogP contribution in [0.1, 0.15) is 31.2 Å². The van der Waals surface area contributed by atoms with Gasteiger partial charge in [-0.2, -0.15) is 0 Å². The highest BCUT2D eigenvalue weighted by molar-refractivity contribution is 7.12. The first kappa shape index (κ1) is 17.4. The van der Waals surface area contributed by atoms with Crippen molar-refractivity contribution >= 4 is 34.6 Å². The second-order valence-corrected chi connectivity index (χ2v) is 7.03. The van der Waals surface area contributed by atoms with Gasteiger partial charge in [0.1, 0.15) is 0 Å². The molecule has 0 saturated heterocycles. The van der Waals surface area contributed by atoms with Gasteiger partial charge in [0.15, 0.2) is 0 Å². The fraction of sp³-hybridized carbons (Fsp3) is 0.100. The number of hydrogen-bond donors (Lipinski definition) is 0. The Hall–Kier alpha value is -2.43. The predicted molar refractivity (Wildman–Crippen MR) is 101 cm³/mol. The Morgan fingerprint density at radius 3 is 2.44 bits per heavy atom. The van der Waals surface area contributed by atoms with Crippen LogP contribution in [0.15, 0.2) is 66.0 Å². The van der Waals surface area contributed by atoms with Gasteiger partial charge in [-0.1, -0.05) is 48.0 Å². The molecule has 1 aromatic heterocycles. The Labute approximate surface area is 155 Å². The van der Waals surface area contributed by atoms with Gasteiger partial charge < -0.3 is 4.90 Å². The zero-order chi connectivity index (χ0) is 17.8. The van der Waals surface area contributed by atoms with E-state index in [1.807, 2.05) is 29.6 Å². The van der Waals surface area contributed by atoms with Crippen molar-refractivity contribution in [3.8, 4) is 0 Å². The molecule has 0 radical (unpaired) electrons. The second-order valence-electron chi connectivity index (χ2n) is 5.64. The van der Waals surface area contributed by atoms with Crippen molar-refractivity contribution in [1.29, 1.82) is 0 Å². The highest BCUT2D eigenvalue weighted by Crippen LogP contribution is 2.20. The fourth-order valence-electron chi connectivity index (χ4n) is 2.59. The lowest BCUT2D eigenvalue weighted by molar-refractivity contribution is 0.0780. The molecule has 5 heteroatoms. The maximum absolute atomic E-state index is 12.9. The molecule has 3 nitrogen and oxygen atoms in total. The van der Waals surface area contributed by atoms with Crippen LogP contribution in [-0.4, -0.2) is 23.6 Å². The standard InChI is InChI=1S/C20H16ClNO2S/c1-22(13-14-6-4-7-15(21)12-14)20(24)17-9-3-2-8-16(17)19(23)18-10-5-11-25-18/h2-12H,13H2,1H3. The van der Waals surface area contributed by atoms with E-state index in [1.165, 1.54) is 11.3 Å². The minimum absolute atomic E-state index is 0.130. The van der Waals surface area contributed by atoms with Crippen LogP contribution in [0.5, 0.6) is 0 Å². The van der Waals surface area contributed by atoms with Crippen molar-refractivity contribution in [3.05, 3.63) is 92.6 Å². The molecule has 0 saturated carbocycles. The van der Waals surface area contributed by atoms with E-state index >= 15 is 0 Å². The van der Waals surface area contributed by atoms with E-state index in [-0.39, 0.29) is 11.7 Å². The Balaban J connectivity index is 1.86. The van der Waals surface area contributed by atoms with Crippen molar-refractivity contribution in [2.75, 3.05) is 7.05 Å². The van der Waals surface area contributed by atoms with E-state index in [1.54, 1.807) is 48.3 Å². The molecule has 1 amide bonds. The molecule has 25 heavy (non-hydrogen) atoms. The lowest BCUT2D eigenvalue weighted by Crippen LogP contribution is -2.27. The van der Waals surface area contributed by atoms with Crippen LogP contribution in [0.4, 0.5) is 0 Å². The summed E-state index contributed by atoms with van der Waals surface area (Å²) in [6, 6.07) is 17.9. The highest BCUT2D eigenvalue weighted by atomic mass is 35.5. The Morgan fingerprint density at radius 2 is 1.76 bits per heavy atom. The fourth-order valence-corrected chi connectivity index (χ4v) is 3.49. The van der Waals surface area contributed by atoms with Gasteiger partial charge in [-0.15, -0.1) is 11.3 Å². The number of carbonyl (C=O) groups excluding carboxylic acids is 2. The zero-order valence-electron chi connectivity index (χ0n) is 13.6. The van der Waals surface area contributed by atoms with Crippen molar-refractivity contribution in [2.24, 2.45) is 0 Å². The van der Waals surface area contributed by atoms with Crippen LogP contribution in [0.2, 0.25) is 5.02 Å². The number of thiophene rings is 1. The third kappa shape index (κ3) is 3.98. The molecular weight excluding hydrogens is 354 g/mol. The molecule has 126 valence electrons. The summed E-state index contributed by atoms with van der Waals surface area (Å²) in [4.78, 5) is 27.8. The van der Waals surface area contributed by atoms with Crippen LogP contribution < -0.4 is 0 Å². The number of amides is 1. The number of rotatable bonds is 5. The van der Waals surface area contributed by atoms with Crippen molar-refractivity contribution in [3.63, 3.8) is 0 Å². The maximum atomic E-state index is 12.9. The molecule has 0 aliphatic rings. The van der Waals surface area contributed by atoms with Gasteiger partial charge >= 0.3 is 0 Å². The molecule has 0 unspecified atom stereocenters. The molecule has 0 aliphatic carbocycles. The van der Waals surface area contributed by atoms with Gasteiger partial charge in [0, 0.05) is 24.2 Å². The Kier molecular flexibility index (Phi) is 5.31. The van der Waals surface area contributed by atoms with Crippen molar-refractivity contribution < 1.29 is 9.59 Å². The molecule has 0 fully saturated rings. The van der Waals surface area contributed by atoms with E-state index in [4.69, 9.17) is 11.6 Å². The highest BCUT2D eigenvalue weighted by Gasteiger charge is 2.21. The van der Waals surface area contributed by atoms with E-state index in [9.17, 15) is 9.59 Å². The molecule has 0 spiro atoms. The first-order valence-electron chi connectivity index (χ1n) is 7.73. The smallest absolute Gasteiger partial charge is 0.254 e. The topological polar surface area (TPSA) is 37.4 Å². The molecule has 2 aromatic carbocycles. The minimum atomic E-state index is -0.194. The average molecular weight is 370 g/mol. The third-order valence-electron chi connectivity index (χ3n) is 3.80. The minimum Gasteiger partial charge on any atom is -0.337 e. The molecule has 0 aliphatic heterocycles. The lowest BCUT2D eigenvalue weighted by Gasteiger charge is -2.19. The van der Waals surface area contributed by atoms with E-state index < -0.39 is 0 Å². The van der Waals surface area contributed by atoms with Gasteiger partial charge in [0.05, 0.1) is 10.4 Å². The quantitative estimate of drug-likeness (QED) is 0.599. The predicted octanol–water partition coefficient (Wildman–Crippen LogP) is 4.90.